The lowest BCUT2D eigenvalue weighted by Gasteiger charge is -2.08. The molecular formula is C13H17ClN2O. The van der Waals surface area contributed by atoms with Gasteiger partial charge in [0.2, 0.25) is 0 Å². The number of rotatable bonds is 3. The minimum atomic E-state index is 0.410. The van der Waals surface area contributed by atoms with Crippen molar-refractivity contribution in [2.45, 2.75) is 26.3 Å². The van der Waals surface area contributed by atoms with Crippen LogP contribution in [0.15, 0.2) is 12.1 Å². The Kier molecular flexibility index (Phi) is 3.31. The fraction of sp³-hybridized carbons (Fsp3) is 0.385. The van der Waals surface area contributed by atoms with Gasteiger partial charge in [0.25, 0.3) is 0 Å². The molecule has 2 rings (SSSR count). The normalized spacial score (nSPS) is 11.4. The number of nitrogens with one attached hydrogen (secondary N) is 1. The lowest BCUT2D eigenvalue weighted by molar-refractivity contribution is 0.415. The lowest BCUT2D eigenvalue weighted by Crippen LogP contribution is -2.01. The second-order valence-corrected chi connectivity index (χ2v) is 4.82. The van der Waals surface area contributed by atoms with Gasteiger partial charge in [0.05, 0.1) is 12.1 Å². The quantitative estimate of drug-likeness (QED) is 0.880. The molecule has 4 heteroatoms. The molecule has 0 aliphatic carbocycles. The predicted molar refractivity (Wildman–Crippen MR) is 71.8 cm³/mol. The number of methoxy groups -OCH3 is 1. The van der Waals surface area contributed by atoms with Crippen molar-refractivity contribution in [3.05, 3.63) is 28.4 Å². The molecule has 3 N–H and O–H groups in total. The summed E-state index contributed by atoms with van der Waals surface area (Å²) in [5.74, 6) is 1.11. The average Bonchev–Trinajstić information content (AvgIpc) is 2.65. The Morgan fingerprint density at radius 2 is 2.12 bits per heavy atom. The van der Waals surface area contributed by atoms with E-state index in [9.17, 15) is 0 Å². The number of halogens is 1. The van der Waals surface area contributed by atoms with Gasteiger partial charge in [0.1, 0.15) is 5.75 Å². The molecule has 0 aliphatic rings. The molecule has 1 aromatic heterocycles. The van der Waals surface area contributed by atoms with Crippen molar-refractivity contribution >= 4 is 22.5 Å². The standard InChI is InChI=1S/C13H17ClN2O/c1-7(2)13-8-4-12(17-3)9(14)5-10(8)16-11(13)6-15/h4-5,7,16H,6,15H2,1-3H3. The number of nitrogens with two attached hydrogens (primary N) is 1. The summed E-state index contributed by atoms with van der Waals surface area (Å²) in [6, 6.07) is 3.86. The number of aromatic amines is 1. The highest BCUT2D eigenvalue weighted by Gasteiger charge is 2.15. The average molecular weight is 253 g/mol. The first kappa shape index (κ1) is 12.3. The largest absolute Gasteiger partial charge is 0.495 e. The highest BCUT2D eigenvalue weighted by Crippen LogP contribution is 2.35. The van der Waals surface area contributed by atoms with Crippen LogP contribution in [0.4, 0.5) is 0 Å². The third kappa shape index (κ3) is 2.01. The van der Waals surface area contributed by atoms with Gasteiger partial charge in [-0.15, -0.1) is 0 Å². The van der Waals surface area contributed by atoms with Crippen molar-refractivity contribution < 1.29 is 4.74 Å². The van der Waals surface area contributed by atoms with E-state index < -0.39 is 0 Å². The molecular weight excluding hydrogens is 236 g/mol. The summed E-state index contributed by atoms with van der Waals surface area (Å²) in [5, 5.41) is 1.75. The van der Waals surface area contributed by atoms with E-state index in [4.69, 9.17) is 22.1 Å². The van der Waals surface area contributed by atoms with E-state index in [1.165, 1.54) is 5.56 Å². The fourth-order valence-electron chi connectivity index (χ4n) is 2.25. The van der Waals surface area contributed by atoms with Gasteiger partial charge >= 0.3 is 0 Å². The number of ether oxygens (including phenoxy) is 1. The monoisotopic (exact) mass is 252 g/mol. The maximum Gasteiger partial charge on any atom is 0.138 e. The van der Waals surface area contributed by atoms with Gasteiger partial charge in [0, 0.05) is 23.1 Å². The summed E-state index contributed by atoms with van der Waals surface area (Å²) in [4.78, 5) is 3.32. The second kappa shape index (κ2) is 4.59. The molecule has 0 saturated carbocycles. The summed E-state index contributed by atoms with van der Waals surface area (Å²) >= 11 is 6.11. The second-order valence-electron chi connectivity index (χ2n) is 4.41. The van der Waals surface area contributed by atoms with Crippen LogP contribution in [0, 0.1) is 0 Å². The van der Waals surface area contributed by atoms with E-state index in [1.807, 2.05) is 12.1 Å². The number of benzene rings is 1. The summed E-state index contributed by atoms with van der Waals surface area (Å²) in [5.41, 5.74) is 9.10. The molecule has 0 saturated heterocycles. The number of hydrogen-bond donors (Lipinski definition) is 2. The van der Waals surface area contributed by atoms with E-state index in [2.05, 4.69) is 18.8 Å². The number of hydrogen-bond acceptors (Lipinski definition) is 2. The van der Waals surface area contributed by atoms with E-state index in [1.54, 1.807) is 7.11 Å². The molecule has 0 radical (unpaired) electrons. The summed E-state index contributed by atoms with van der Waals surface area (Å²) in [6.07, 6.45) is 0. The van der Waals surface area contributed by atoms with Crippen LogP contribution in [-0.2, 0) is 6.54 Å². The molecule has 92 valence electrons. The Morgan fingerprint density at radius 3 is 2.65 bits per heavy atom. The first-order valence-electron chi connectivity index (χ1n) is 5.66. The zero-order valence-corrected chi connectivity index (χ0v) is 11.1. The van der Waals surface area contributed by atoms with Crippen molar-refractivity contribution in [3.8, 4) is 5.75 Å². The topological polar surface area (TPSA) is 51.0 Å². The van der Waals surface area contributed by atoms with Gasteiger partial charge in [-0.3, -0.25) is 0 Å². The predicted octanol–water partition coefficient (Wildman–Crippen LogP) is 3.41. The number of aromatic nitrogens is 1. The Balaban J connectivity index is 2.76. The Bertz CT molecular complexity index is 546. The highest BCUT2D eigenvalue weighted by atomic mass is 35.5. The molecule has 17 heavy (non-hydrogen) atoms. The first-order chi connectivity index (χ1) is 8.08. The van der Waals surface area contributed by atoms with Crippen molar-refractivity contribution in [2.24, 2.45) is 5.73 Å². The van der Waals surface area contributed by atoms with Gasteiger partial charge in [0.15, 0.2) is 0 Å². The zero-order valence-electron chi connectivity index (χ0n) is 10.3. The van der Waals surface area contributed by atoms with Crippen molar-refractivity contribution in [1.29, 1.82) is 0 Å². The van der Waals surface area contributed by atoms with Crippen LogP contribution in [0.25, 0.3) is 10.9 Å². The maximum absolute atomic E-state index is 6.11. The number of fused-ring (bicyclic) bond motifs is 1. The Labute approximate surface area is 106 Å². The molecule has 3 nitrogen and oxygen atoms in total. The van der Waals surface area contributed by atoms with Gasteiger partial charge in [-0.25, -0.2) is 0 Å². The third-order valence-corrected chi connectivity index (χ3v) is 3.27. The van der Waals surface area contributed by atoms with Crippen LogP contribution >= 0.6 is 11.6 Å². The van der Waals surface area contributed by atoms with Gasteiger partial charge in [-0.1, -0.05) is 25.4 Å². The van der Waals surface area contributed by atoms with E-state index in [0.29, 0.717) is 23.2 Å². The molecule has 0 fully saturated rings. The highest BCUT2D eigenvalue weighted by molar-refractivity contribution is 6.32. The Hall–Kier alpha value is -1.19. The molecule has 1 aromatic carbocycles. The Morgan fingerprint density at radius 1 is 1.41 bits per heavy atom. The summed E-state index contributed by atoms with van der Waals surface area (Å²) < 4.78 is 5.25. The van der Waals surface area contributed by atoms with Crippen LogP contribution in [0.3, 0.4) is 0 Å². The van der Waals surface area contributed by atoms with E-state index in [0.717, 1.165) is 16.6 Å². The van der Waals surface area contributed by atoms with Crippen LogP contribution in [0.1, 0.15) is 31.0 Å². The molecule has 0 aliphatic heterocycles. The molecule has 0 amide bonds. The van der Waals surface area contributed by atoms with Gasteiger partial charge < -0.3 is 15.5 Å². The van der Waals surface area contributed by atoms with Crippen LogP contribution in [0.2, 0.25) is 5.02 Å². The molecule has 0 unspecified atom stereocenters. The molecule has 2 aromatic rings. The van der Waals surface area contributed by atoms with Crippen molar-refractivity contribution in [2.75, 3.05) is 7.11 Å². The minimum absolute atomic E-state index is 0.410. The first-order valence-corrected chi connectivity index (χ1v) is 6.04. The molecule has 0 spiro atoms. The third-order valence-electron chi connectivity index (χ3n) is 2.97. The smallest absolute Gasteiger partial charge is 0.138 e. The summed E-state index contributed by atoms with van der Waals surface area (Å²) in [6.45, 7) is 4.81. The van der Waals surface area contributed by atoms with Crippen LogP contribution in [-0.4, -0.2) is 12.1 Å². The van der Waals surface area contributed by atoms with Crippen molar-refractivity contribution in [1.82, 2.24) is 4.98 Å². The van der Waals surface area contributed by atoms with Crippen molar-refractivity contribution in [3.63, 3.8) is 0 Å². The van der Waals surface area contributed by atoms with Gasteiger partial charge in [-0.05, 0) is 23.6 Å². The molecule has 1 heterocycles. The lowest BCUT2D eigenvalue weighted by atomic mass is 9.99. The summed E-state index contributed by atoms with van der Waals surface area (Å²) in [7, 11) is 1.62. The maximum atomic E-state index is 6.11. The fourth-order valence-corrected chi connectivity index (χ4v) is 2.49. The van der Waals surface area contributed by atoms with Crippen LogP contribution < -0.4 is 10.5 Å². The van der Waals surface area contributed by atoms with Crippen LogP contribution in [0.5, 0.6) is 5.75 Å². The SMILES string of the molecule is COc1cc2c(C(C)C)c(CN)[nH]c2cc1Cl. The van der Waals surface area contributed by atoms with E-state index >= 15 is 0 Å². The van der Waals surface area contributed by atoms with E-state index in [-0.39, 0.29) is 0 Å². The molecule has 0 bridgehead atoms. The number of H-pyrrole nitrogens is 1. The molecule has 0 atom stereocenters. The van der Waals surface area contributed by atoms with Gasteiger partial charge in [-0.2, -0.15) is 0 Å². The minimum Gasteiger partial charge on any atom is -0.495 e. The zero-order chi connectivity index (χ0) is 12.6.